The van der Waals surface area contributed by atoms with Crippen molar-refractivity contribution in [3.8, 4) is 5.75 Å². The lowest BCUT2D eigenvalue weighted by atomic mass is 10.2. The SMILES string of the molecule is Cc1ccc([N+](=O)[O-])cc1OCC(=O)c1cccs1. The number of Topliss-reactive ketones (excluding diaryl/α,β-unsaturated/α-hetero) is 1. The lowest BCUT2D eigenvalue weighted by Gasteiger charge is -2.07. The largest absolute Gasteiger partial charge is 0.485 e. The standard InChI is InChI=1S/C13H11NO4S/c1-9-4-5-10(14(16)17)7-12(9)18-8-11(15)13-3-2-6-19-13/h2-7H,8H2,1H3. The molecule has 1 heterocycles. The van der Waals surface area contributed by atoms with Crippen LogP contribution in [0, 0.1) is 17.0 Å². The summed E-state index contributed by atoms with van der Waals surface area (Å²) >= 11 is 1.34. The molecule has 5 nitrogen and oxygen atoms in total. The van der Waals surface area contributed by atoms with Crippen LogP contribution in [-0.2, 0) is 0 Å². The molecule has 0 bridgehead atoms. The van der Waals surface area contributed by atoms with Gasteiger partial charge in [0.15, 0.2) is 6.61 Å². The lowest BCUT2D eigenvalue weighted by molar-refractivity contribution is -0.384. The molecule has 1 aromatic carbocycles. The number of nitro benzene ring substituents is 1. The van der Waals surface area contributed by atoms with Crippen LogP contribution >= 0.6 is 11.3 Å². The van der Waals surface area contributed by atoms with Gasteiger partial charge in [-0.15, -0.1) is 11.3 Å². The molecule has 0 saturated carbocycles. The van der Waals surface area contributed by atoms with Gasteiger partial charge in [0.05, 0.1) is 15.9 Å². The fraction of sp³-hybridized carbons (Fsp3) is 0.154. The molecule has 98 valence electrons. The van der Waals surface area contributed by atoms with E-state index in [0.29, 0.717) is 10.6 Å². The number of thiophene rings is 1. The van der Waals surface area contributed by atoms with E-state index >= 15 is 0 Å². The highest BCUT2D eigenvalue weighted by Crippen LogP contribution is 2.24. The second-order valence-electron chi connectivity index (χ2n) is 3.90. The molecule has 0 radical (unpaired) electrons. The second kappa shape index (κ2) is 5.62. The molecule has 0 aliphatic heterocycles. The van der Waals surface area contributed by atoms with Crippen molar-refractivity contribution in [1.82, 2.24) is 0 Å². The van der Waals surface area contributed by atoms with Crippen LogP contribution < -0.4 is 4.74 Å². The number of hydrogen-bond acceptors (Lipinski definition) is 5. The smallest absolute Gasteiger partial charge is 0.273 e. The predicted molar refractivity (Wildman–Crippen MR) is 72.0 cm³/mol. The molecule has 19 heavy (non-hydrogen) atoms. The van der Waals surface area contributed by atoms with Crippen molar-refractivity contribution < 1.29 is 14.5 Å². The third-order valence-electron chi connectivity index (χ3n) is 2.54. The van der Waals surface area contributed by atoms with Gasteiger partial charge in [0.1, 0.15) is 5.75 Å². The average Bonchev–Trinajstić information content (AvgIpc) is 2.91. The highest BCUT2D eigenvalue weighted by Gasteiger charge is 2.12. The summed E-state index contributed by atoms with van der Waals surface area (Å²) < 4.78 is 5.37. The van der Waals surface area contributed by atoms with E-state index in [1.54, 1.807) is 25.1 Å². The Morgan fingerprint density at radius 2 is 2.21 bits per heavy atom. The first-order valence-electron chi connectivity index (χ1n) is 5.52. The third kappa shape index (κ3) is 3.17. The number of nitrogens with zero attached hydrogens (tertiary/aromatic N) is 1. The average molecular weight is 277 g/mol. The number of benzene rings is 1. The minimum absolute atomic E-state index is 0.0517. The number of non-ortho nitro benzene ring substituents is 1. The third-order valence-corrected chi connectivity index (χ3v) is 3.45. The molecular weight excluding hydrogens is 266 g/mol. The van der Waals surface area contributed by atoms with Gasteiger partial charge in [-0.3, -0.25) is 14.9 Å². The molecule has 0 atom stereocenters. The van der Waals surface area contributed by atoms with E-state index in [2.05, 4.69) is 0 Å². The van der Waals surface area contributed by atoms with Crippen LogP contribution in [0.5, 0.6) is 5.75 Å². The fourth-order valence-electron chi connectivity index (χ4n) is 1.51. The van der Waals surface area contributed by atoms with Crippen LogP contribution in [0.25, 0.3) is 0 Å². The maximum atomic E-state index is 11.8. The number of carbonyl (C=O) groups excluding carboxylic acids is 1. The molecule has 0 aliphatic rings. The Kier molecular flexibility index (Phi) is 3.91. The van der Waals surface area contributed by atoms with Gasteiger partial charge in [0.2, 0.25) is 5.78 Å². The van der Waals surface area contributed by atoms with Gasteiger partial charge < -0.3 is 4.74 Å². The van der Waals surface area contributed by atoms with Crippen molar-refractivity contribution in [3.63, 3.8) is 0 Å². The van der Waals surface area contributed by atoms with Crippen molar-refractivity contribution in [2.75, 3.05) is 6.61 Å². The van der Waals surface area contributed by atoms with E-state index in [9.17, 15) is 14.9 Å². The van der Waals surface area contributed by atoms with Gasteiger partial charge in [-0.25, -0.2) is 0 Å². The highest BCUT2D eigenvalue weighted by atomic mass is 32.1. The number of hydrogen-bond donors (Lipinski definition) is 0. The molecule has 0 amide bonds. The highest BCUT2D eigenvalue weighted by molar-refractivity contribution is 7.12. The van der Waals surface area contributed by atoms with E-state index in [1.165, 1.54) is 23.5 Å². The van der Waals surface area contributed by atoms with Gasteiger partial charge in [0, 0.05) is 6.07 Å². The monoisotopic (exact) mass is 277 g/mol. The van der Waals surface area contributed by atoms with E-state index in [1.807, 2.05) is 5.38 Å². The quantitative estimate of drug-likeness (QED) is 0.478. The molecule has 0 N–H and O–H groups in total. The Balaban J connectivity index is 2.09. The van der Waals surface area contributed by atoms with Crippen LogP contribution in [0.1, 0.15) is 15.2 Å². The summed E-state index contributed by atoms with van der Waals surface area (Å²) in [6.45, 7) is 1.65. The molecule has 0 saturated heterocycles. The maximum Gasteiger partial charge on any atom is 0.273 e. The fourth-order valence-corrected chi connectivity index (χ4v) is 2.16. The van der Waals surface area contributed by atoms with Crippen LogP contribution in [-0.4, -0.2) is 17.3 Å². The summed E-state index contributed by atoms with van der Waals surface area (Å²) in [4.78, 5) is 22.6. The van der Waals surface area contributed by atoms with E-state index < -0.39 is 4.92 Å². The molecule has 0 fully saturated rings. The molecule has 6 heteroatoms. The van der Waals surface area contributed by atoms with Gasteiger partial charge in [-0.05, 0) is 30.0 Å². The van der Waals surface area contributed by atoms with Crippen LogP contribution in [0.15, 0.2) is 35.7 Å². The molecule has 2 rings (SSSR count). The van der Waals surface area contributed by atoms with Crippen LogP contribution in [0.4, 0.5) is 5.69 Å². The van der Waals surface area contributed by atoms with Gasteiger partial charge in [-0.1, -0.05) is 6.07 Å². The number of nitro groups is 1. The minimum Gasteiger partial charge on any atom is -0.485 e. The van der Waals surface area contributed by atoms with Gasteiger partial charge in [-0.2, -0.15) is 0 Å². The predicted octanol–water partition coefficient (Wildman–Crippen LogP) is 3.23. The summed E-state index contributed by atoms with van der Waals surface area (Å²) in [5.74, 6) is 0.222. The molecule has 0 unspecified atom stereocenters. The van der Waals surface area contributed by atoms with Crippen LogP contribution in [0.3, 0.4) is 0 Å². The van der Waals surface area contributed by atoms with E-state index in [0.717, 1.165) is 5.56 Å². The van der Waals surface area contributed by atoms with Crippen molar-refractivity contribution in [3.05, 3.63) is 56.3 Å². The number of aryl methyl sites for hydroxylation is 1. The summed E-state index contributed by atoms with van der Waals surface area (Å²) in [6, 6.07) is 7.84. The number of ketones is 1. The Morgan fingerprint density at radius 3 is 2.84 bits per heavy atom. The first-order chi connectivity index (χ1) is 9.08. The van der Waals surface area contributed by atoms with Crippen molar-refractivity contribution >= 4 is 22.8 Å². The summed E-state index contributed by atoms with van der Waals surface area (Å²) in [5, 5.41) is 12.5. The van der Waals surface area contributed by atoms with Crippen molar-refractivity contribution in [2.24, 2.45) is 0 Å². The van der Waals surface area contributed by atoms with Gasteiger partial charge >= 0.3 is 0 Å². The lowest BCUT2D eigenvalue weighted by Crippen LogP contribution is -2.10. The second-order valence-corrected chi connectivity index (χ2v) is 4.84. The first-order valence-corrected chi connectivity index (χ1v) is 6.40. The van der Waals surface area contributed by atoms with Crippen LogP contribution in [0.2, 0.25) is 0 Å². The Morgan fingerprint density at radius 1 is 1.42 bits per heavy atom. The van der Waals surface area contributed by atoms with E-state index in [-0.39, 0.29) is 18.1 Å². The number of rotatable bonds is 5. The number of carbonyl (C=O) groups is 1. The topological polar surface area (TPSA) is 69.4 Å². The van der Waals surface area contributed by atoms with Crippen molar-refractivity contribution in [1.29, 1.82) is 0 Å². The Hall–Kier alpha value is -2.21. The molecular formula is C13H11NO4S. The number of ether oxygens (including phenoxy) is 1. The van der Waals surface area contributed by atoms with Gasteiger partial charge in [0.25, 0.3) is 5.69 Å². The molecule has 2 aromatic rings. The van der Waals surface area contributed by atoms with Crippen molar-refractivity contribution in [2.45, 2.75) is 6.92 Å². The maximum absolute atomic E-state index is 11.8. The zero-order valence-corrected chi connectivity index (χ0v) is 11.0. The Labute approximate surface area is 113 Å². The zero-order valence-electron chi connectivity index (χ0n) is 10.2. The normalized spacial score (nSPS) is 10.2. The zero-order chi connectivity index (χ0) is 13.8. The molecule has 1 aromatic heterocycles. The molecule has 0 aliphatic carbocycles. The summed E-state index contributed by atoms with van der Waals surface area (Å²) in [5.41, 5.74) is 0.703. The summed E-state index contributed by atoms with van der Waals surface area (Å²) in [7, 11) is 0. The Bertz CT molecular complexity index is 607. The summed E-state index contributed by atoms with van der Waals surface area (Å²) in [6.07, 6.45) is 0. The molecule has 0 spiro atoms. The minimum atomic E-state index is -0.493. The first kappa shape index (κ1) is 13.2. The van der Waals surface area contributed by atoms with E-state index in [4.69, 9.17) is 4.74 Å².